The molecule has 2 unspecified atom stereocenters. The number of rotatable bonds is 10. The van der Waals surface area contributed by atoms with Gasteiger partial charge >= 0.3 is 12.1 Å². The lowest BCUT2D eigenvalue weighted by atomic mass is 9.94. The number of esters is 1. The third-order valence-corrected chi connectivity index (χ3v) is 3.10. The number of halogens is 3. The fourth-order valence-corrected chi connectivity index (χ4v) is 2.04. The summed E-state index contributed by atoms with van der Waals surface area (Å²) in [6.45, 7) is 6.09. The van der Waals surface area contributed by atoms with Crippen molar-refractivity contribution in [1.82, 2.24) is 5.32 Å². The fraction of sp³-hybridized carbons (Fsp3) is 0.929. The van der Waals surface area contributed by atoms with Crippen molar-refractivity contribution in [3.8, 4) is 0 Å². The van der Waals surface area contributed by atoms with Crippen LogP contribution in [0.15, 0.2) is 0 Å². The first-order valence-corrected chi connectivity index (χ1v) is 7.16. The van der Waals surface area contributed by atoms with Gasteiger partial charge in [-0.3, -0.25) is 4.79 Å². The lowest BCUT2D eigenvalue weighted by Crippen LogP contribution is -2.52. The SMILES string of the molecule is CCCNC(C)(CC(C)OCCCC(F)(F)F)C(=O)OC. The van der Waals surface area contributed by atoms with Crippen molar-refractivity contribution in [2.45, 2.75) is 64.3 Å². The maximum absolute atomic E-state index is 12.0. The van der Waals surface area contributed by atoms with E-state index in [0.29, 0.717) is 13.0 Å². The lowest BCUT2D eigenvalue weighted by molar-refractivity contribution is -0.150. The fourth-order valence-electron chi connectivity index (χ4n) is 2.04. The van der Waals surface area contributed by atoms with Crippen LogP contribution in [-0.4, -0.2) is 44.0 Å². The molecule has 0 saturated carbocycles. The van der Waals surface area contributed by atoms with Crippen LogP contribution in [0.5, 0.6) is 0 Å². The molecule has 0 aliphatic rings. The minimum Gasteiger partial charge on any atom is -0.468 e. The summed E-state index contributed by atoms with van der Waals surface area (Å²) in [6.07, 6.45) is -4.24. The van der Waals surface area contributed by atoms with E-state index in [1.807, 2.05) is 6.92 Å². The van der Waals surface area contributed by atoms with Gasteiger partial charge in [0.15, 0.2) is 0 Å². The smallest absolute Gasteiger partial charge is 0.389 e. The first-order chi connectivity index (χ1) is 9.64. The molecule has 0 radical (unpaired) electrons. The molecule has 0 saturated heterocycles. The van der Waals surface area contributed by atoms with Crippen LogP contribution in [0.4, 0.5) is 13.2 Å². The van der Waals surface area contributed by atoms with Gasteiger partial charge in [-0.05, 0) is 33.2 Å². The van der Waals surface area contributed by atoms with Gasteiger partial charge in [-0.25, -0.2) is 0 Å². The van der Waals surface area contributed by atoms with Crippen molar-refractivity contribution in [2.75, 3.05) is 20.3 Å². The summed E-state index contributed by atoms with van der Waals surface area (Å²) >= 11 is 0. The minimum atomic E-state index is -4.16. The number of nitrogens with one attached hydrogen (secondary N) is 1. The maximum Gasteiger partial charge on any atom is 0.389 e. The van der Waals surface area contributed by atoms with Crippen LogP contribution >= 0.6 is 0 Å². The summed E-state index contributed by atoms with van der Waals surface area (Å²) in [7, 11) is 1.31. The number of alkyl halides is 3. The van der Waals surface area contributed by atoms with Crippen LogP contribution in [0.25, 0.3) is 0 Å². The molecular formula is C14H26F3NO3. The van der Waals surface area contributed by atoms with Gasteiger partial charge < -0.3 is 14.8 Å². The molecule has 0 aliphatic carbocycles. The van der Waals surface area contributed by atoms with Crippen molar-refractivity contribution in [3.05, 3.63) is 0 Å². The van der Waals surface area contributed by atoms with Gasteiger partial charge in [0.05, 0.1) is 13.2 Å². The number of carbonyl (C=O) groups excluding carboxylic acids is 1. The van der Waals surface area contributed by atoms with Crippen LogP contribution in [-0.2, 0) is 14.3 Å². The van der Waals surface area contributed by atoms with E-state index in [9.17, 15) is 18.0 Å². The van der Waals surface area contributed by atoms with Crippen molar-refractivity contribution in [1.29, 1.82) is 0 Å². The molecule has 0 aromatic heterocycles. The Hall–Kier alpha value is -0.820. The van der Waals surface area contributed by atoms with E-state index >= 15 is 0 Å². The largest absolute Gasteiger partial charge is 0.468 e. The summed E-state index contributed by atoms with van der Waals surface area (Å²) in [4.78, 5) is 11.8. The van der Waals surface area contributed by atoms with Crippen molar-refractivity contribution >= 4 is 5.97 Å². The average molecular weight is 313 g/mol. The highest BCUT2D eigenvalue weighted by Gasteiger charge is 2.35. The Labute approximate surface area is 124 Å². The van der Waals surface area contributed by atoms with E-state index in [2.05, 4.69) is 5.32 Å². The standard InChI is InChI=1S/C14H26F3NO3/c1-5-8-18-13(3,12(19)20-4)10-11(2)21-9-6-7-14(15,16)17/h11,18H,5-10H2,1-4H3. The molecule has 1 N–H and O–H groups in total. The number of ether oxygens (including phenoxy) is 2. The third kappa shape index (κ3) is 8.93. The summed E-state index contributed by atoms with van der Waals surface area (Å²) in [5.74, 6) is -0.401. The Balaban J connectivity index is 4.27. The first-order valence-electron chi connectivity index (χ1n) is 7.16. The van der Waals surface area contributed by atoms with E-state index in [1.54, 1.807) is 13.8 Å². The molecule has 126 valence electrons. The molecule has 7 heteroatoms. The Morgan fingerprint density at radius 3 is 2.43 bits per heavy atom. The van der Waals surface area contributed by atoms with Crippen LogP contribution in [0.1, 0.15) is 46.5 Å². The highest BCUT2D eigenvalue weighted by molar-refractivity contribution is 5.80. The van der Waals surface area contributed by atoms with Gasteiger partial charge in [0.1, 0.15) is 5.54 Å². The third-order valence-electron chi connectivity index (χ3n) is 3.10. The Bertz CT molecular complexity index is 310. The molecule has 0 bridgehead atoms. The van der Waals surface area contributed by atoms with Crippen LogP contribution in [0.2, 0.25) is 0 Å². The maximum atomic E-state index is 12.0. The van der Waals surface area contributed by atoms with E-state index < -0.39 is 24.1 Å². The van der Waals surface area contributed by atoms with E-state index in [-0.39, 0.29) is 19.1 Å². The van der Waals surface area contributed by atoms with Crippen molar-refractivity contribution in [3.63, 3.8) is 0 Å². The van der Waals surface area contributed by atoms with Crippen LogP contribution < -0.4 is 5.32 Å². The summed E-state index contributed by atoms with van der Waals surface area (Å²) in [5.41, 5.74) is -0.895. The molecule has 0 aromatic carbocycles. The van der Waals surface area contributed by atoms with Gasteiger partial charge in [0, 0.05) is 19.4 Å². The highest BCUT2D eigenvalue weighted by atomic mass is 19.4. The average Bonchev–Trinajstić information content (AvgIpc) is 2.39. The normalized spacial score (nSPS) is 16.3. The molecule has 4 nitrogen and oxygen atoms in total. The Kier molecular flexibility index (Phi) is 8.89. The second-order valence-corrected chi connectivity index (χ2v) is 5.35. The number of hydrogen-bond acceptors (Lipinski definition) is 4. The Morgan fingerprint density at radius 2 is 1.95 bits per heavy atom. The van der Waals surface area contributed by atoms with Gasteiger partial charge in [-0.2, -0.15) is 13.2 Å². The van der Waals surface area contributed by atoms with E-state index in [1.165, 1.54) is 7.11 Å². The zero-order valence-electron chi connectivity index (χ0n) is 13.2. The lowest BCUT2D eigenvalue weighted by Gasteiger charge is -2.30. The molecule has 0 aliphatic heterocycles. The zero-order chi connectivity index (χ0) is 16.5. The van der Waals surface area contributed by atoms with Crippen LogP contribution in [0, 0.1) is 0 Å². The second kappa shape index (κ2) is 9.25. The molecule has 0 spiro atoms. The summed E-state index contributed by atoms with van der Waals surface area (Å²) < 4.78 is 46.2. The monoisotopic (exact) mass is 313 g/mol. The molecule has 21 heavy (non-hydrogen) atoms. The quantitative estimate of drug-likeness (QED) is 0.497. The highest BCUT2D eigenvalue weighted by Crippen LogP contribution is 2.22. The second-order valence-electron chi connectivity index (χ2n) is 5.35. The number of hydrogen-bond donors (Lipinski definition) is 1. The van der Waals surface area contributed by atoms with Crippen LogP contribution in [0.3, 0.4) is 0 Å². The molecule has 0 fully saturated rings. The van der Waals surface area contributed by atoms with Gasteiger partial charge in [-0.1, -0.05) is 6.92 Å². The molecule has 0 rings (SSSR count). The first kappa shape index (κ1) is 20.2. The summed E-state index contributed by atoms with van der Waals surface area (Å²) in [5, 5.41) is 3.11. The van der Waals surface area contributed by atoms with Gasteiger partial charge in [-0.15, -0.1) is 0 Å². The number of methoxy groups -OCH3 is 1. The predicted molar refractivity (Wildman–Crippen MR) is 74.0 cm³/mol. The summed E-state index contributed by atoms with van der Waals surface area (Å²) in [6, 6.07) is 0. The minimum absolute atomic E-state index is 0.0196. The topological polar surface area (TPSA) is 47.6 Å². The molecule has 2 atom stereocenters. The van der Waals surface area contributed by atoms with E-state index in [0.717, 1.165) is 6.42 Å². The van der Waals surface area contributed by atoms with Gasteiger partial charge in [0.2, 0.25) is 0 Å². The van der Waals surface area contributed by atoms with Gasteiger partial charge in [0.25, 0.3) is 0 Å². The molecule has 0 aromatic rings. The van der Waals surface area contributed by atoms with Crippen molar-refractivity contribution < 1.29 is 27.4 Å². The molecular weight excluding hydrogens is 287 g/mol. The van der Waals surface area contributed by atoms with E-state index in [4.69, 9.17) is 9.47 Å². The zero-order valence-corrected chi connectivity index (χ0v) is 13.2. The van der Waals surface area contributed by atoms with Crippen molar-refractivity contribution in [2.24, 2.45) is 0 Å². The number of carbonyl (C=O) groups is 1. The molecule has 0 amide bonds. The Morgan fingerprint density at radius 1 is 1.33 bits per heavy atom. The predicted octanol–water partition coefficient (Wildman–Crippen LogP) is 3.06. The molecule has 0 heterocycles.